The molecule has 0 spiro atoms. The zero-order valence-electron chi connectivity index (χ0n) is 21.8. The van der Waals surface area contributed by atoms with Gasteiger partial charge in [0.05, 0.1) is 16.9 Å². The Labute approximate surface area is 234 Å². The Hall–Kier alpha value is -3.93. The fourth-order valence-corrected chi connectivity index (χ4v) is 5.82. The van der Waals surface area contributed by atoms with Crippen LogP contribution in [0.4, 0.5) is 51.3 Å². The number of hydrogen-bond acceptors (Lipinski definition) is 3. The van der Waals surface area contributed by atoms with Gasteiger partial charge in [0.25, 0.3) is 0 Å². The van der Waals surface area contributed by atoms with E-state index in [4.69, 9.17) is 0 Å². The van der Waals surface area contributed by atoms with E-state index in [1.54, 1.807) is 0 Å². The van der Waals surface area contributed by atoms with Crippen LogP contribution in [0.3, 0.4) is 0 Å². The van der Waals surface area contributed by atoms with Crippen LogP contribution in [0.2, 0.25) is 0 Å². The molecule has 1 aliphatic rings. The minimum atomic E-state index is -5.25. The predicted octanol–water partition coefficient (Wildman–Crippen LogP) is 6.84. The van der Waals surface area contributed by atoms with E-state index >= 15 is 4.39 Å². The molecule has 4 rings (SSSR count). The first kappa shape index (κ1) is 31.0. The van der Waals surface area contributed by atoms with Crippen LogP contribution in [0, 0.1) is 11.6 Å². The molecule has 2 N–H and O–H groups in total. The number of benzene rings is 3. The molecule has 1 saturated heterocycles. The SMILES string of the molecule is CP(C)(=O)c1ccccc1-c1ccc(N2CC[C@@H](NC(=O)Nc3ccc(C(F)(F)F)cc3F)C2=O)c(C(F)(F)F)c1F. The molecule has 1 fully saturated rings. The summed E-state index contributed by atoms with van der Waals surface area (Å²) in [5, 5.41) is 4.27. The number of amides is 3. The fraction of sp³-hybridized carbons (Fsp3) is 0.259. The first-order valence-electron chi connectivity index (χ1n) is 12.2. The predicted molar refractivity (Wildman–Crippen MR) is 140 cm³/mol. The van der Waals surface area contributed by atoms with Crippen LogP contribution in [-0.4, -0.2) is 37.9 Å². The third kappa shape index (κ3) is 6.28. The number of anilines is 2. The van der Waals surface area contributed by atoms with E-state index in [1.807, 2.05) is 5.32 Å². The number of nitrogens with zero attached hydrogens (tertiary/aromatic N) is 1. The van der Waals surface area contributed by atoms with E-state index in [2.05, 4.69) is 5.32 Å². The van der Waals surface area contributed by atoms with Gasteiger partial charge in [-0.05, 0) is 55.6 Å². The lowest BCUT2D eigenvalue weighted by Crippen LogP contribution is -2.43. The molecule has 1 aliphatic heterocycles. The van der Waals surface area contributed by atoms with Crippen molar-refractivity contribution in [3.8, 4) is 11.1 Å². The number of carbonyl (C=O) groups excluding carboxylic acids is 2. The summed E-state index contributed by atoms with van der Waals surface area (Å²) in [6, 6.07) is 6.44. The molecule has 0 unspecified atom stereocenters. The zero-order chi connectivity index (χ0) is 31.2. The lowest BCUT2D eigenvalue weighted by molar-refractivity contribution is -0.139. The van der Waals surface area contributed by atoms with Gasteiger partial charge in [0.15, 0.2) is 0 Å². The van der Waals surface area contributed by atoms with Gasteiger partial charge in [0.1, 0.15) is 30.4 Å². The normalized spacial score (nSPS) is 16.1. The van der Waals surface area contributed by atoms with Crippen molar-refractivity contribution in [3.63, 3.8) is 0 Å². The number of hydrogen-bond donors (Lipinski definition) is 2. The highest BCUT2D eigenvalue weighted by Crippen LogP contribution is 2.45. The molecule has 0 radical (unpaired) electrons. The molecule has 1 heterocycles. The molecule has 3 amide bonds. The quantitative estimate of drug-likeness (QED) is 0.243. The third-order valence-corrected chi connectivity index (χ3v) is 8.07. The number of rotatable bonds is 5. The molecule has 42 heavy (non-hydrogen) atoms. The summed E-state index contributed by atoms with van der Waals surface area (Å²) in [5.41, 5.74) is -4.94. The number of urea groups is 1. The lowest BCUT2D eigenvalue weighted by atomic mass is 9.99. The lowest BCUT2D eigenvalue weighted by Gasteiger charge is -2.24. The molecule has 0 aliphatic carbocycles. The largest absolute Gasteiger partial charge is 0.421 e. The van der Waals surface area contributed by atoms with E-state index < -0.39 is 77.2 Å². The maximum Gasteiger partial charge on any atom is 0.421 e. The summed E-state index contributed by atoms with van der Waals surface area (Å²) in [6.45, 7) is 2.43. The van der Waals surface area contributed by atoms with Gasteiger partial charge < -0.3 is 20.1 Å². The summed E-state index contributed by atoms with van der Waals surface area (Å²) < 4.78 is 123. The topological polar surface area (TPSA) is 78.5 Å². The van der Waals surface area contributed by atoms with Gasteiger partial charge in [-0.15, -0.1) is 0 Å². The fourth-order valence-electron chi connectivity index (χ4n) is 4.60. The Bertz CT molecular complexity index is 1600. The Kier molecular flexibility index (Phi) is 8.16. The first-order chi connectivity index (χ1) is 19.4. The van der Waals surface area contributed by atoms with Crippen LogP contribution < -0.4 is 20.8 Å². The molecule has 0 bridgehead atoms. The number of carbonyl (C=O) groups is 2. The molecule has 6 nitrogen and oxygen atoms in total. The Balaban J connectivity index is 1.60. The van der Waals surface area contributed by atoms with E-state index in [9.17, 15) is 44.9 Å². The average molecular weight is 619 g/mol. The first-order valence-corrected chi connectivity index (χ1v) is 14.8. The van der Waals surface area contributed by atoms with Gasteiger partial charge in [0, 0.05) is 17.4 Å². The zero-order valence-corrected chi connectivity index (χ0v) is 22.7. The Morgan fingerprint density at radius 3 is 2.19 bits per heavy atom. The minimum absolute atomic E-state index is 0.000144. The Morgan fingerprint density at radius 1 is 0.929 bits per heavy atom. The van der Waals surface area contributed by atoms with Crippen molar-refractivity contribution in [1.29, 1.82) is 0 Å². The molecule has 0 saturated carbocycles. The van der Waals surface area contributed by atoms with Crippen LogP contribution in [0.15, 0.2) is 54.6 Å². The highest BCUT2D eigenvalue weighted by Gasteiger charge is 2.43. The number of halogens is 8. The second-order valence-electron chi connectivity index (χ2n) is 9.81. The summed E-state index contributed by atoms with van der Waals surface area (Å²) in [6.07, 6.45) is -10.3. The maximum atomic E-state index is 15.6. The average Bonchev–Trinajstić information content (AvgIpc) is 3.22. The second kappa shape index (κ2) is 11.0. The van der Waals surface area contributed by atoms with Crippen LogP contribution in [0.5, 0.6) is 0 Å². The summed E-state index contributed by atoms with van der Waals surface area (Å²) >= 11 is 0. The summed E-state index contributed by atoms with van der Waals surface area (Å²) in [4.78, 5) is 26.0. The summed E-state index contributed by atoms with van der Waals surface area (Å²) in [5.74, 6) is -4.11. The molecule has 1 atom stereocenters. The molecule has 3 aromatic rings. The Morgan fingerprint density at radius 2 is 1.60 bits per heavy atom. The maximum absolute atomic E-state index is 15.6. The van der Waals surface area contributed by atoms with E-state index in [0.29, 0.717) is 17.0 Å². The van der Waals surface area contributed by atoms with Crippen molar-refractivity contribution >= 4 is 35.8 Å². The van der Waals surface area contributed by atoms with Gasteiger partial charge >= 0.3 is 18.4 Å². The molecule has 3 aromatic carbocycles. The van der Waals surface area contributed by atoms with Gasteiger partial charge in [-0.25, -0.2) is 13.6 Å². The van der Waals surface area contributed by atoms with Crippen molar-refractivity contribution in [1.82, 2.24) is 5.32 Å². The van der Waals surface area contributed by atoms with Crippen molar-refractivity contribution in [2.24, 2.45) is 0 Å². The monoisotopic (exact) mass is 619 g/mol. The van der Waals surface area contributed by atoms with Gasteiger partial charge in [-0.3, -0.25) is 4.79 Å². The van der Waals surface area contributed by atoms with Crippen LogP contribution in [-0.2, 0) is 21.7 Å². The molecular weight excluding hydrogens is 597 g/mol. The second-order valence-corrected chi connectivity index (χ2v) is 13.0. The van der Waals surface area contributed by atoms with E-state index in [-0.39, 0.29) is 29.9 Å². The van der Waals surface area contributed by atoms with Gasteiger partial charge in [0.2, 0.25) is 5.91 Å². The van der Waals surface area contributed by atoms with Crippen LogP contribution >= 0.6 is 7.14 Å². The van der Waals surface area contributed by atoms with Crippen molar-refractivity contribution in [2.45, 2.75) is 24.8 Å². The number of alkyl halides is 6. The summed E-state index contributed by atoms with van der Waals surface area (Å²) in [7, 11) is -3.03. The van der Waals surface area contributed by atoms with Crippen molar-refractivity contribution in [3.05, 3.63) is 77.4 Å². The molecular formula is C27H22F8N3O3P. The minimum Gasteiger partial charge on any atom is -0.326 e. The van der Waals surface area contributed by atoms with E-state index in [0.717, 1.165) is 12.1 Å². The van der Waals surface area contributed by atoms with Crippen LogP contribution in [0.25, 0.3) is 11.1 Å². The van der Waals surface area contributed by atoms with Gasteiger partial charge in [-0.2, -0.15) is 26.3 Å². The van der Waals surface area contributed by atoms with Crippen molar-refractivity contribution < 1.29 is 49.3 Å². The highest BCUT2D eigenvalue weighted by atomic mass is 31.2. The standard InChI is InChI=1S/C27H22F8N3O3P/c1-42(2,41)21-6-4-3-5-15(21)16-8-10-20(22(23(16)29)27(33,34)35)38-12-11-19(24(38)39)37-25(40)36-18-9-7-14(13-17(18)28)26(30,31)32/h3-10,13,19H,11-12H2,1-2H3,(H2,36,37,40)/t19-/m1/s1. The molecule has 15 heteroatoms. The molecule has 224 valence electrons. The molecule has 0 aromatic heterocycles. The van der Waals surface area contributed by atoms with Gasteiger partial charge in [-0.1, -0.05) is 24.3 Å². The third-order valence-electron chi connectivity index (χ3n) is 6.52. The number of nitrogens with one attached hydrogen (secondary N) is 2. The van der Waals surface area contributed by atoms with Crippen LogP contribution in [0.1, 0.15) is 17.5 Å². The smallest absolute Gasteiger partial charge is 0.326 e. The highest BCUT2D eigenvalue weighted by molar-refractivity contribution is 7.70. The van der Waals surface area contributed by atoms with E-state index in [1.165, 1.54) is 37.6 Å². The van der Waals surface area contributed by atoms with Crippen molar-refractivity contribution in [2.75, 3.05) is 30.1 Å².